The molecule has 0 bridgehead atoms. The van der Waals surface area contributed by atoms with Crippen LogP contribution in [0.4, 0.5) is 0 Å². The van der Waals surface area contributed by atoms with Crippen molar-refractivity contribution in [1.29, 1.82) is 0 Å². The van der Waals surface area contributed by atoms with Crippen LogP contribution in [0.5, 0.6) is 0 Å². The summed E-state index contributed by atoms with van der Waals surface area (Å²) in [5.41, 5.74) is 2.61. The van der Waals surface area contributed by atoms with Gasteiger partial charge in [0.15, 0.2) is 0 Å². The van der Waals surface area contributed by atoms with E-state index in [1.54, 1.807) is 0 Å². The van der Waals surface area contributed by atoms with Crippen LogP contribution in [0.15, 0.2) is 36.5 Å². The van der Waals surface area contributed by atoms with Gasteiger partial charge in [-0.1, -0.05) is 30.3 Å². The van der Waals surface area contributed by atoms with E-state index in [0.29, 0.717) is 0 Å². The van der Waals surface area contributed by atoms with Crippen molar-refractivity contribution in [2.24, 2.45) is 0 Å². The standard InChI is InChI=1S/C11H12N2/c1-13-8-11(7-12-9-13)10-5-3-2-4-6-10/h2-7,9H,8H2,1H3/p+1. The summed E-state index contributed by atoms with van der Waals surface area (Å²) in [6.07, 6.45) is 4.02. The molecule has 0 aliphatic carbocycles. The van der Waals surface area contributed by atoms with E-state index in [1.165, 1.54) is 11.1 Å². The molecule has 0 radical (unpaired) electrons. The van der Waals surface area contributed by atoms with Gasteiger partial charge in [-0.15, -0.1) is 0 Å². The van der Waals surface area contributed by atoms with Crippen molar-refractivity contribution in [3.05, 3.63) is 42.1 Å². The molecule has 0 amide bonds. The van der Waals surface area contributed by atoms with Crippen molar-refractivity contribution >= 4 is 11.9 Å². The van der Waals surface area contributed by atoms with Crippen LogP contribution >= 0.6 is 0 Å². The van der Waals surface area contributed by atoms with Gasteiger partial charge in [-0.3, -0.25) is 9.89 Å². The van der Waals surface area contributed by atoms with Crippen LogP contribution in [0.1, 0.15) is 5.56 Å². The van der Waals surface area contributed by atoms with E-state index in [2.05, 4.69) is 47.4 Å². The third kappa shape index (κ3) is 1.78. The fourth-order valence-electron chi connectivity index (χ4n) is 1.45. The van der Waals surface area contributed by atoms with Crippen molar-refractivity contribution in [2.75, 3.05) is 13.6 Å². The highest BCUT2D eigenvalue weighted by atomic mass is 15.1. The zero-order chi connectivity index (χ0) is 9.10. The Bertz CT molecular complexity index is 350. The van der Waals surface area contributed by atoms with Gasteiger partial charge in [0.05, 0.1) is 13.2 Å². The van der Waals surface area contributed by atoms with Crippen molar-refractivity contribution < 1.29 is 4.58 Å². The van der Waals surface area contributed by atoms with Crippen LogP contribution in [0.2, 0.25) is 0 Å². The lowest BCUT2D eigenvalue weighted by molar-refractivity contribution is -0.481. The number of benzene rings is 1. The molecular weight excluding hydrogens is 160 g/mol. The fourth-order valence-corrected chi connectivity index (χ4v) is 1.45. The van der Waals surface area contributed by atoms with E-state index in [-0.39, 0.29) is 0 Å². The van der Waals surface area contributed by atoms with Gasteiger partial charge in [0.1, 0.15) is 6.54 Å². The number of hydrogen-bond acceptors (Lipinski definition) is 1. The van der Waals surface area contributed by atoms with Crippen molar-refractivity contribution in [2.45, 2.75) is 0 Å². The fraction of sp³-hybridized carbons (Fsp3) is 0.182. The molecule has 1 aliphatic rings. The summed E-state index contributed by atoms with van der Waals surface area (Å²) in [6, 6.07) is 10.4. The monoisotopic (exact) mass is 173 g/mol. The molecule has 0 aromatic heterocycles. The SMILES string of the molecule is C[N+]1=CNC=C(c2ccccc2)C1. The molecule has 2 nitrogen and oxygen atoms in total. The van der Waals surface area contributed by atoms with E-state index < -0.39 is 0 Å². The molecule has 2 heteroatoms. The molecule has 13 heavy (non-hydrogen) atoms. The molecular formula is C11H13N2+. The van der Waals surface area contributed by atoms with Gasteiger partial charge < -0.3 is 0 Å². The highest BCUT2D eigenvalue weighted by molar-refractivity contribution is 5.70. The quantitative estimate of drug-likeness (QED) is 0.633. The molecule has 0 unspecified atom stereocenters. The highest BCUT2D eigenvalue weighted by Crippen LogP contribution is 2.13. The molecule has 66 valence electrons. The Morgan fingerprint density at radius 2 is 2.00 bits per heavy atom. The Morgan fingerprint density at radius 3 is 2.69 bits per heavy atom. The van der Waals surface area contributed by atoms with Gasteiger partial charge >= 0.3 is 0 Å². The largest absolute Gasteiger partial charge is 0.266 e. The second kappa shape index (κ2) is 3.44. The van der Waals surface area contributed by atoms with Gasteiger partial charge in [0, 0.05) is 5.57 Å². The predicted molar refractivity (Wildman–Crippen MR) is 54.7 cm³/mol. The zero-order valence-electron chi connectivity index (χ0n) is 7.70. The van der Waals surface area contributed by atoms with Gasteiger partial charge in [0.25, 0.3) is 0 Å². The van der Waals surface area contributed by atoms with Crippen molar-refractivity contribution in [3.63, 3.8) is 0 Å². The molecule has 0 fully saturated rings. The zero-order valence-corrected chi connectivity index (χ0v) is 7.70. The minimum atomic E-state index is 0.969. The van der Waals surface area contributed by atoms with Crippen LogP contribution in [0.3, 0.4) is 0 Å². The number of nitrogens with one attached hydrogen (secondary N) is 1. The van der Waals surface area contributed by atoms with E-state index in [0.717, 1.165) is 6.54 Å². The second-order valence-electron chi connectivity index (χ2n) is 3.25. The first-order valence-electron chi connectivity index (χ1n) is 4.40. The first kappa shape index (κ1) is 8.05. The van der Waals surface area contributed by atoms with Gasteiger partial charge in [-0.05, 0) is 5.56 Å². The Labute approximate surface area is 78.2 Å². The summed E-state index contributed by atoms with van der Waals surface area (Å²) in [4.78, 5) is 0. The highest BCUT2D eigenvalue weighted by Gasteiger charge is 2.08. The van der Waals surface area contributed by atoms with Crippen LogP contribution < -0.4 is 5.32 Å². The number of nitrogens with zero attached hydrogens (tertiary/aromatic N) is 1. The topological polar surface area (TPSA) is 15.0 Å². The van der Waals surface area contributed by atoms with Crippen LogP contribution in [-0.2, 0) is 0 Å². The smallest absolute Gasteiger partial charge is 0.236 e. The average Bonchev–Trinajstić information content (AvgIpc) is 2.19. The van der Waals surface area contributed by atoms with Crippen LogP contribution in [0.25, 0.3) is 5.57 Å². The first-order chi connectivity index (χ1) is 6.36. The summed E-state index contributed by atoms with van der Waals surface area (Å²) >= 11 is 0. The summed E-state index contributed by atoms with van der Waals surface area (Å²) < 4.78 is 2.13. The minimum absolute atomic E-state index is 0.969. The van der Waals surface area contributed by atoms with Gasteiger partial charge in [0.2, 0.25) is 6.34 Å². The van der Waals surface area contributed by atoms with Crippen LogP contribution in [-0.4, -0.2) is 24.5 Å². The lowest BCUT2D eigenvalue weighted by Gasteiger charge is -2.09. The summed E-state index contributed by atoms with van der Waals surface area (Å²) in [5, 5.41) is 3.12. The minimum Gasteiger partial charge on any atom is -0.266 e. The van der Waals surface area contributed by atoms with Crippen molar-refractivity contribution in [3.8, 4) is 0 Å². The van der Waals surface area contributed by atoms with Gasteiger partial charge in [-0.25, -0.2) is 0 Å². The summed E-state index contributed by atoms with van der Waals surface area (Å²) in [7, 11) is 2.06. The molecule has 2 rings (SSSR count). The number of rotatable bonds is 1. The molecule has 1 aliphatic heterocycles. The third-order valence-electron chi connectivity index (χ3n) is 2.12. The number of hydrogen-bond donors (Lipinski definition) is 1. The molecule has 1 aromatic carbocycles. The van der Waals surface area contributed by atoms with Crippen molar-refractivity contribution in [1.82, 2.24) is 5.32 Å². The maximum absolute atomic E-state index is 3.12. The molecule has 0 spiro atoms. The summed E-state index contributed by atoms with van der Waals surface area (Å²) in [6.45, 7) is 0.969. The maximum atomic E-state index is 3.12. The summed E-state index contributed by atoms with van der Waals surface area (Å²) in [5.74, 6) is 0. The molecule has 1 N–H and O–H groups in total. The number of likely N-dealkylation sites (N-methyl/N-ethyl adjacent to an activating group) is 1. The lowest BCUT2D eigenvalue weighted by atomic mass is 10.1. The Hall–Kier alpha value is -1.57. The second-order valence-corrected chi connectivity index (χ2v) is 3.25. The van der Waals surface area contributed by atoms with Gasteiger partial charge in [-0.2, -0.15) is 0 Å². The third-order valence-corrected chi connectivity index (χ3v) is 2.12. The Balaban J connectivity index is 2.24. The maximum Gasteiger partial charge on any atom is 0.236 e. The van der Waals surface area contributed by atoms with E-state index in [4.69, 9.17) is 0 Å². The first-order valence-corrected chi connectivity index (χ1v) is 4.40. The average molecular weight is 173 g/mol. The van der Waals surface area contributed by atoms with Crippen LogP contribution in [0, 0.1) is 0 Å². The molecule has 0 saturated carbocycles. The van der Waals surface area contributed by atoms with E-state index in [1.807, 2.05) is 12.4 Å². The molecule has 0 atom stereocenters. The van der Waals surface area contributed by atoms with E-state index in [9.17, 15) is 0 Å². The lowest BCUT2D eigenvalue weighted by Crippen LogP contribution is -2.23. The predicted octanol–water partition coefficient (Wildman–Crippen LogP) is 1.30. The molecule has 0 saturated heterocycles. The Kier molecular flexibility index (Phi) is 2.13. The molecule has 1 heterocycles. The molecule has 1 aromatic rings. The van der Waals surface area contributed by atoms with E-state index >= 15 is 0 Å². The normalized spacial score (nSPS) is 15.8. The Morgan fingerprint density at radius 1 is 1.23 bits per heavy atom.